The number of rotatable bonds is 5. The third-order valence-electron chi connectivity index (χ3n) is 7.40. The zero-order chi connectivity index (χ0) is 23.8. The zero-order valence-corrected chi connectivity index (χ0v) is 26.6. The number of nitrogens with zero attached hydrogens (tertiary/aromatic N) is 3. The van der Waals surface area contributed by atoms with Crippen LogP contribution in [0.2, 0.25) is 0 Å². The normalized spacial score (nSPS) is 25.8. The Kier molecular flexibility index (Phi) is 15.7. The summed E-state index contributed by atoms with van der Waals surface area (Å²) in [4.78, 5) is 44.7. The van der Waals surface area contributed by atoms with Gasteiger partial charge in [-0.1, -0.05) is 25.8 Å². The number of benzene rings is 1. The van der Waals surface area contributed by atoms with Gasteiger partial charge in [0.25, 0.3) is 5.91 Å². The molecular weight excluding hydrogens is 600 g/mol. The fourth-order valence-corrected chi connectivity index (χ4v) is 5.45. The Bertz CT molecular complexity index is 1090. The lowest BCUT2D eigenvalue weighted by atomic mass is 9.78. The summed E-state index contributed by atoms with van der Waals surface area (Å²) in [7, 11) is 0. The summed E-state index contributed by atoms with van der Waals surface area (Å²) in [5.41, 5.74) is 1.19. The van der Waals surface area contributed by atoms with E-state index >= 15 is 0 Å². The standard InChI is InChI=1S/C25H29FN4O4.5H2S/c1-15-5-7-16(8-6-15)21(25(33)30-12-19(26)23-22(30)20(31)13-34-23)28-24(32)17-3-2-4-18(11-17)29-10-9-27-14-29;;;;;/h2-4,9-11,14-16,19,21-23H,5-8,12-13H2,1H3,(H,28,32);5*1H2/t15?,16?,19-,21+,22-,23-;;;;;/m1...../s1. The fraction of sp³-hybridized carbons (Fsp3) is 0.520. The predicted molar refractivity (Wildman–Crippen MR) is 173 cm³/mol. The molecule has 1 aliphatic carbocycles. The lowest BCUT2D eigenvalue weighted by Gasteiger charge is -2.35. The summed E-state index contributed by atoms with van der Waals surface area (Å²) in [6, 6.07) is 5.33. The van der Waals surface area contributed by atoms with Crippen LogP contribution in [0.15, 0.2) is 43.0 Å². The molecule has 1 aromatic carbocycles. The third-order valence-corrected chi connectivity index (χ3v) is 7.40. The number of ether oxygens (including phenoxy) is 1. The van der Waals surface area contributed by atoms with Gasteiger partial charge in [0.15, 0.2) is 5.78 Å². The number of Topliss-reactive ketones (excluding diaryl/α,β-unsaturated/α-hetero) is 1. The van der Waals surface area contributed by atoms with E-state index in [1.165, 1.54) is 4.90 Å². The molecule has 0 spiro atoms. The smallest absolute Gasteiger partial charge is 0.252 e. The second-order valence-corrected chi connectivity index (χ2v) is 9.68. The fourth-order valence-electron chi connectivity index (χ4n) is 5.45. The van der Waals surface area contributed by atoms with Gasteiger partial charge in [-0.15, -0.1) is 0 Å². The second-order valence-electron chi connectivity index (χ2n) is 9.68. The minimum Gasteiger partial charge on any atom is -0.365 e. The van der Waals surface area contributed by atoms with Crippen molar-refractivity contribution in [2.75, 3.05) is 13.2 Å². The van der Waals surface area contributed by atoms with Gasteiger partial charge >= 0.3 is 0 Å². The monoisotopic (exact) mass is 638 g/mol. The Hall–Kier alpha value is -1.32. The van der Waals surface area contributed by atoms with Gasteiger partial charge in [-0.25, -0.2) is 9.37 Å². The van der Waals surface area contributed by atoms with Crippen LogP contribution in [0.3, 0.4) is 0 Å². The van der Waals surface area contributed by atoms with Crippen LogP contribution in [-0.2, 0) is 14.3 Å². The maximum atomic E-state index is 14.6. The van der Waals surface area contributed by atoms with Crippen LogP contribution in [0.25, 0.3) is 5.69 Å². The maximum Gasteiger partial charge on any atom is 0.252 e. The van der Waals surface area contributed by atoms with Gasteiger partial charge in [0.2, 0.25) is 5.91 Å². The molecule has 1 aromatic heterocycles. The van der Waals surface area contributed by atoms with E-state index in [0.29, 0.717) is 11.5 Å². The number of fused-ring (bicyclic) bond motifs is 1. The van der Waals surface area contributed by atoms with Crippen molar-refractivity contribution < 1.29 is 23.5 Å². The predicted octanol–water partition coefficient (Wildman–Crippen LogP) is 2.88. The van der Waals surface area contributed by atoms with Crippen molar-refractivity contribution in [1.29, 1.82) is 0 Å². The topological polar surface area (TPSA) is 93.5 Å². The molecule has 5 rings (SSSR count). The summed E-state index contributed by atoms with van der Waals surface area (Å²) in [6.45, 7) is 1.81. The molecule has 2 amide bonds. The van der Waals surface area contributed by atoms with Gasteiger partial charge in [-0.3, -0.25) is 14.4 Å². The molecule has 2 aliphatic heterocycles. The summed E-state index contributed by atoms with van der Waals surface area (Å²) >= 11 is 0. The van der Waals surface area contributed by atoms with Crippen molar-refractivity contribution in [3.63, 3.8) is 0 Å². The Balaban J connectivity index is 0.00000289. The molecule has 3 fully saturated rings. The minimum atomic E-state index is -1.41. The van der Waals surface area contributed by atoms with Crippen molar-refractivity contribution in [3.8, 4) is 5.69 Å². The zero-order valence-electron chi connectivity index (χ0n) is 21.6. The lowest BCUT2D eigenvalue weighted by Crippen LogP contribution is -2.55. The Morgan fingerprint density at radius 1 is 1.10 bits per heavy atom. The minimum absolute atomic E-state index is 0. The molecular formula is C25H39FN4O4S5. The van der Waals surface area contributed by atoms with Crippen molar-refractivity contribution in [1.82, 2.24) is 19.8 Å². The summed E-state index contributed by atoms with van der Waals surface area (Å²) < 4.78 is 21.7. The first-order valence-corrected chi connectivity index (χ1v) is 11.9. The summed E-state index contributed by atoms with van der Waals surface area (Å²) in [5, 5.41) is 2.95. The molecule has 1 saturated carbocycles. The summed E-state index contributed by atoms with van der Waals surface area (Å²) in [5.74, 6) is -0.563. The lowest BCUT2D eigenvalue weighted by molar-refractivity contribution is -0.139. The van der Waals surface area contributed by atoms with Crippen molar-refractivity contribution in [2.45, 2.75) is 57.0 Å². The number of imidazole rings is 1. The molecule has 1 N–H and O–H groups in total. The molecule has 4 atom stereocenters. The van der Waals surface area contributed by atoms with Gasteiger partial charge < -0.3 is 19.5 Å². The van der Waals surface area contributed by atoms with Gasteiger partial charge in [0, 0.05) is 23.6 Å². The van der Waals surface area contributed by atoms with Gasteiger partial charge in [-0.2, -0.15) is 67.5 Å². The van der Waals surface area contributed by atoms with Crippen LogP contribution in [0, 0.1) is 11.8 Å². The highest BCUT2D eigenvalue weighted by Gasteiger charge is 2.54. The van der Waals surface area contributed by atoms with E-state index in [9.17, 15) is 18.8 Å². The van der Waals surface area contributed by atoms with Gasteiger partial charge in [-0.05, 0) is 42.9 Å². The number of nitrogens with one attached hydrogen (secondary N) is 1. The van der Waals surface area contributed by atoms with Crippen molar-refractivity contribution in [3.05, 3.63) is 48.5 Å². The van der Waals surface area contributed by atoms with E-state index in [1.54, 1.807) is 41.5 Å². The Morgan fingerprint density at radius 2 is 1.79 bits per heavy atom. The first kappa shape index (κ1) is 37.7. The molecule has 8 nitrogen and oxygen atoms in total. The van der Waals surface area contributed by atoms with Crippen LogP contribution in [0.1, 0.15) is 43.0 Å². The largest absolute Gasteiger partial charge is 0.365 e. The molecule has 2 aromatic rings. The van der Waals surface area contributed by atoms with Crippen molar-refractivity contribution in [2.24, 2.45) is 11.8 Å². The molecule has 0 bridgehead atoms. The number of hydrogen-bond donors (Lipinski definition) is 1. The molecule has 3 heterocycles. The molecule has 14 heteroatoms. The highest BCUT2D eigenvalue weighted by molar-refractivity contribution is 7.60. The van der Waals surface area contributed by atoms with Crippen LogP contribution in [0.4, 0.5) is 4.39 Å². The maximum absolute atomic E-state index is 14.6. The van der Waals surface area contributed by atoms with Crippen LogP contribution < -0.4 is 5.32 Å². The molecule has 220 valence electrons. The van der Waals surface area contributed by atoms with E-state index < -0.39 is 30.3 Å². The number of halogens is 1. The second kappa shape index (κ2) is 16.2. The summed E-state index contributed by atoms with van der Waals surface area (Å²) in [6.07, 6.45) is 6.26. The van der Waals surface area contributed by atoms with Crippen molar-refractivity contribution >= 4 is 85.1 Å². The average Bonchev–Trinajstić information content (AvgIpc) is 3.58. The molecule has 39 heavy (non-hydrogen) atoms. The number of ketones is 1. The van der Waals surface area contributed by atoms with E-state index in [-0.39, 0.29) is 98.2 Å². The van der Waals surface area contributed by atoms with Gasteiger partial charge in [0.05, 0.1) is 12.9 Å². The molecule has 0 unspecified atom stereocenters. The Morgan fingerprint density at radius 3 is 2.44 bits per heavy atom. The highest BCUT2D eigenvalue weighted by Crippen LogP contribution is 2.34. The first-order valence-electron chi connectivity index (χ1n) is 11.9. The van der Waals surface area contributed by atoms with Crippen LogP contribution in [0.5, 0.6) is 0 Å². The third kappa shape index (κ3) is 7.91. The van der Waals surface area contributed by atoms with E-state index in [1.807, 2.05) is 6.07 Å². The highest BCUT2D eigenvalue weighted by atomic mass is 32.1. The van der Waals surface area contributed by atoms with Crippen LogP contribution in [-0.4, -0.2) is 69.6 Å². The van der Waals surface area contributed by atoms with E-state index in [4.69, 9.17) is 4.74 Å². The van der Waals surface area contributed by atoms with E-state index in [2.05, 4.69) is 17.2 Å². The average molecular weight is 639 g/mol. The molecule has 3 aliphatic rings. The number of carbonyl (C=O) groups excluding carboxylic acids is 3. The van der Waals surface area contributed by atoms with Gasteiger partial charge in [0.1, 0.15) is 31.0 Å². The Labute approximate surface area is 263 Å². The number of likely N-dealkylation sites (tertiary alicyclic amines) is 1. The van der Waals surface area contributed by atoms with E-state index in [0.717, 1.165) is 31.4 Å². The number of amides is 2. The number of aromatic nitrogens is 2. The number of hydrogen-bond acceptors (Lipinski definition) is 5. The molecule has 0 radical (unpaired) electrons. The first-order chi connectivity index (χ1) is 16.4. The quantitative estimate of drug-likeness (QED) is 0.544. The van der Waals surface area contributed by atoms with Crippen LogP contribution >= 0.6 is 67.5 Å². The number of alkyl halides is 1. The SMILES string of the molecule is CC1CCC([C@H](NC(=O)c2cccc(-n3ccnc3)c2)C(=O)N2C[C@@H](F)[C@H]3OCC(=O)[C@H]32)CC1.S.S.S.S.S. The molecule has 2 saturated heterocycles. The number of carbonyl (C=O) groups is 3.